The van der Waals surface area contributed by atoms with Crippen LogP contribution in [0, 0.1) is 0 Å². The number of aliphatic hydroxyl groups is 1. The van der Waals surface area contributed by atoms with Crippen LogP contribution in [0.15, 0.2) is 18.1 Å². The Hall–Kier alpha value is -0.680. The molecule has 1 nitrogen and oxygen atoms in total. The molecule has 0 aromatic heterocycles. The topological polar surface area (TPSA) is 20.2 Å². The number of hydrogen-bond acceptors (Lipinski definition) is 1. The molecule has 52 valence electrons. The van der Waals surface area contributed by atoms with Crippen LogP contribution in [0.1, 0.15) is 32.6 Å². The van der Waals surface area contributed by atoms with E-state index in [0.29, 0.717) is 5.76 Å². The summed E-state index contributed by atoms with van der Waals surface area (Å²) < 4.78 is 0. The predicted molar refractivity (Wildman–Crippen MR) is 39.4 cm³/mol. The quantitative estimate of drug-likeness (QED) is 0.349. The minimum absolute atomic E-state index is 0.295. The molecule has 1 heteroatoms. The van der Waals surface area contributed by atoms with Crippen molar-refractivity contribution in [2.24, 2.45) is 0 Å². The fourth-order valence-electron chi connectivity index (χ4n) is 0.631. The monoisotopic (exact) mass is 126 g/mol. The van der Waals surface area contributed by atoms with Crippen molar-refractivity contribution in [2.75, 3.05) is 0 Å². The highest BCUT2D eigenvalue weighted by Crippen LogP contribution is 2.03. The summed E-state index contributed by atoms with van der Waals surface area (Å²) >= 11 is 0. The number of unbranched alkanes of at least 4 members (excludes halogenated alkanes) is 2. The van der Waals surface area contributed by atoms with Gasteiger partial charge < -0.3 is 5.11 Å². The van der Waals surface area contributed by atoms with Gasteiger partial charge in [-0.25, -0.2) is 0 Å². The first-order valence-electron chi connectivity index (χ1n) is 3.39. The summed E-state index contributed by atoms with van der Waals surface area (Å²) in [5.41, 5.74) is 2.45. The van der Waals surface area contributed by atoms with Crippen molar-refractivity contribution >= 4 is 0 Å². The second-order valence-corrected chi connectivity index (χ2v) is 2.08. The van der Waals surface area contributed by atoms with E-state index >= 15 is 0 Å². The molecule has 0 aliphatic rings. The number of allylic oxidation sites excluding steroid dienone is 1. The van der Waals surface area contributed by atoms with Gasteiger partial charge in [0.2, 0.25) is 0 Å². The molecule has 0 bridgehead atoms. The van der Waals surface area contributed by atoms with E-state index in [0.717, 1.165) is 12.8 Å². The Morgan fingerprint density at radius 2 is 2.22 bits per heavy atom. The Kier molecular flexibility index (Phi) is 5.04. The minimum Gasteiger partial charge on any atom is -0.505 e. The van der Waals surface area contributed by atoms with Gasteiger partial charge in [-0.3, -0.25) is 0 Å². The van der Waals surface area contributed by atoms with E-state index in [4.69, 9.17) is 5.11 Å². The van der Waals surface area contributed by atoms with Gasteiger partial charge in [0.05, 0.1) is 0 Å². The molecule has 0 unspecified atom stereocenters. The van der Waals surface area contributed by atoms with E-state index in [1.54, 1.807) is 0 Å². The van der Waals surface area contributed by atoms with Crippen LogP contribution in [-0.4, -0.2) is 5.11 Å². The Morgan fingerprint density at radius 3 is 2.67 bits per heavy atom. The van der Waals surface area contributed by atoms with Crippen LogP contribution in [0.5, 0.6) is 0 Å². The van der Waals surface area contributed by atoms with Crippen LogP contribution in [0.25, 0.3) is 0 Å². The van der Waals surface area contributed by atoms with Gasteiger partial charge in [-0.05, 0) is 6.42 Å². The summed E-state index contributed by atoms with van der Waals surface area (Å²) in [6.45, 7) is 5.46. The van der Waals surface area contributed by atoms with Crippen LogP contribution in [0.2, 0.25) is 0 Å². The maximum Gasteiger partial charge on any atom is 0.134 e. The largest absolute Gasteiger partial charge is 0.505 e. The Morgan fingerprint density at radius 1 is 1.56 bits per heavy atom. The van der Waals surface area contributed by atoms with Crippen molar-refractivity contribution in [1.82, 2.24) is 0 Å². The summed E-state index contributed by atoms with van der Waals surface area (Å²) in [6.07, 6.45) is 4.14. The molecular weight excluding hydrogens is 112 g/mol. The molecule has 0 amide bonds. The average Bonchev–Trinajstić information content (AvgIpc) is 1.89. The molecule has 0 atom stereocenters. The average molecular weight is 126 g/mol. The summed E-state index contributed by atoms with van der Waals surface area (Å²) in [7, 11) is 0. The van der Waals surface area contributed by atoms with Crippen molar-refractivity contribution in [3.63, 3.8) is 0 Å². The summed E-state index contributed by atoms with van der Waals surface area (Å²) in [6, 6.07) is 0. The first-order chi connectivity index (χ1) is 4.31. The molecule has 1 N–H and O–H groups in total. The lowest BCUT2D eigenvalue weighted by molar-refractivity contribution is 0.383. The number of aliphatic hydroxyl groups excluding tert-OH is 1. The normalized spacial score (nSPS) is 8.56. The van der Waals surface area contributed by atoms with Gasteiger partial charge >= 0.3 is 0 Å². The van der Waals surface area contributed by atoms with Crippen LogP contribution >= 0.6 is 0 Å². The predicted octanol–water partition coefficient (Wildman–Crippen LogP) is 2.79. The lowest BCUT2D eigenvalue weighted by Gasteiger charge is -1.93. The van der Waals surface area contributed by atoms with Crippen molar-refractivity contribution in [3.8, 4) is 0 Å². The van der Waals surface area contributed by atoms with E-state index in [1.807, 2.05) is 0 Å². The summed E-state index contributed by atoms with van der Waals surface area (Å²) in [4.78, 5) is 0. The molecule has 0 radical (unpaired) electrons. The number of rotatable bonds is 4. The molecular formula is C8H14O. The lowest BCUT2D eigenvalue weighted by atomic mass is 10.2. The van der Waals surface area contributed by atoms with E-state index in [1.165, 1.54) is 12.8 Å². The molecule has 0 aliphatic heterocycles. The van der Waals surface area contributed by atoms with Crippen molar-refractivity contribution in [3.05, 3.63) is 18.1 Å². The summed E-state index contributed by atoms with van der Waals surface area (Å²) in [5, 5.41) is 8.83. The Balaban J connectivity index is 3.17. The smallest absolute Gasteiger partial charge is 0.134 e. The number of hydrogen-bond donors (Lipinski definition) is 1. The maximum absolute atomic E-state index is 8.83. The third-order valence-corrected chi connectivity index (χ3v) is 1.22. The van der Waals surface area contributed by atoms with E-state index in [2.05, 4.69) is 19.2 Å². The first-order valence-corrected chi connectivity index (χ1v) is 3.39. The first kappa shape index (κ1) is 8.32. The molecule has 0 aromatic carbocycles. The van der Waals surface area contributed by atoms with Crippen LogP contribution < -0.4 is 0 Å². The van der Waals surface area contributed by atoms with Gasteiger partial charge in [0.1, 0.15) is 5.76 Å². The van der Waals surface area contributed by atoms with Gasteiger partial charge in [0.15, 0.2) is 0 Å². The molecule has 9 heavy (non-hydrogen) atoms. The molecule has 0 heterocycles. The molecule has 0 fully saturated rings. The van der Waals surface area contributed by atoms with Crippen molar-refractivity contribution < 1.29 is 5.11 Å². The highest BCUT2D eigenvalue weighted by molar-refractivity contribution is 4.85. The SMILES string of the molecule is C=C=C(O)CCCCC. The van der Waals surface area contributed by atoms with Crippen LogP contribution in [-0.2, 0) is 0 Å². The second-order valence-electron chi connectivity index (χ2n) is 2.08. The molecule has 0 rings (SSSR count). The zero-order valence-corrected chi connectivity index (χ0v) is 5.98. The van der Waals surface area contributed by atoms with E-state index in [9.17, 15) is 0 Å². The fourth-order valence-corrected chi connectivity index (χ4v) is 0.631. The Bertz CT molecular complexity index is 110. The second kappa shape index (κ2) is 5.46. The molecule has 0 aromatic rings. The van der Waals surface area contributed by atoms with Crippen LogP contribution in [0.4, 0.5) is 0 Å². The highest BCUT2D eigenvalue weighted by Gasteiger charge is 1.88. The van der Waals surface area contributed by atoms with E-state index < -0.39 is 0 Å². The van der Waals surface area contributed by atoms with Crippen LogP contribution in [0.3, 0.4) is 0 Å². The fraction of sp³-hybridized carbons (Fsp3) is 0.625. The highest BCUT2D eigenvalue weighted by atomic mass is 16.3. The van der Waals surface area contributed by atoms with Gasteiger partial charge in [-0.1, -0.05) is 32.1 Å². The molecule has 0 saturated carbocycles. The Labute approximate surface area is 56.7 Å². The maximum atomic E-state index is 8.83. The van der Waals surface area contributed by atoms with Crippen molar-refractivity contribution in [2.45, 2.75) is 32.6 Å². The summed E-state index contributed by atoms with van der Waals surface area (Å²) in [5.74, 6) is 0.295. The van der Waals surface area contributed by atoms with Gasteiger partial charge in [0.25, 0.3) is 0 Å². The van der Waals surface area contributed by atoms with E-state index in [-0.39, 0.29) is 0 Å². The van der Waals surface area contributed by atoms with Gasteiger partial charge in [-0.2, -0.15) is 0 Å². The minimum atomic E-state index is 0.295. The molecule has 0 aliphatic carbocycles. The van der Waals surface area contributed by atoms with Gasteiger partial charge in [0, 0.05) is 6.42 Å². The third kappa shape index (κ3) is 5.19. The van der Waals surface area contributed by atoms with Crippen molar-refractivity contribution in [1.29, 1.82) is 0 Å². The standard InChI is InChI=1S/C8H14O/c1-3-5-6-7-8(9)4-2/h9H,2-3,5-7H2,1H3. The molecule has 0 saturated heterocycles. The zero-order valence-electron chi connectivity index (χ0n) is 5.98. The zero-order chi connectivity index (χ0) is 7.11. The van der Waals surface area contributed by atoms with Gasteiger partial charge in [-0.15, -0.1) is 0 Å². The molecule has 0 spiro atoms. The lowest BCUT2D eigenvalue weighted by Crippen LogP contribution is -1.78. The third-order valence-electron chi connectivity index (χ3n) is 1.22.